The first-order chi connectivity index (χ1) is 14.5. The number of hydrogen-bond donors (Lipinski definition) is 1. The molecule has 1 nitrogen and oxygen atoms in total. The van der Waals surface area contributed by atoms with Crippen LogP contribution >= 0.6 is 12.6 Å². The topological polar surface area (TPSA) is 17.1 Å². The van der Waals surface area contributed by atoms with Crippen LogP contribution in [0.2, 0.25) is 0 Å². The van der Waals surface area contributed by atoms with Crippen molar-refractivity contribution in [1.29, 1.82) is 0 Å². The summed E-state index contributed by atoms with van der Waals surface area (Å²) in [6, 6.07) is 13.2. The normalized spacial score (nSPS) is 19.2. The molecule has 0 aromatic heterocycles. The number of rotatable bonds is 9. The Morgan fingerprint density at radius 2 is 1.73 bits per heavy atom. The van der Waals surface area contributed by atoms with Crippen LogP contribution < -0.4 is 0 Å². The third-order valence-electron chi connectivity index (χ3n) is 6.46. The van der Waals surface area contributed by atoms with Gasteiger partial charge in [0.25, 0.3) is 0 Å². The van der Waals surface area contributed by atoms with Gasteiger partial charge in [0.2, 0.25) is 11.5 Å². The SMILES string of the molecule is CCCCCC1CCC(c2ccc(-c3cc(CC(F)F)ccc3C(=O)S)cc2)CC1. The lowest BCUT2D eigenvalue weighted by atomic mass is 9.77. The van der Waals surface area contributed by atoms with Crippen molar-refractivity contribution in [2.45, 2.75) is 77.1 Å². The average molecular weight is 431 g/mol. The fourth-order valence-electron chi connectivity index (χ4n) is 4.72. The van der Waals surface area contributed by atoms with E-state index >= 15 is 0 Å². The van der Waals surface area contributed by atoms with E-state index in [1.165, 1.54) is 56.9 Å². The van der Waals surface area contributed by atoms with E-state index in [2.05, 4.69) is 31.7 Å². The number of unbranched alkanes of at least 4 members (excludes halogenated alkanes) is 2. The zero-order valence-corrected chi connectivity index (χ0v) is 18.6. The lowest BCUT2D eigenvalue weighted by molar-refractivity contribution is 0.109. The van der Waals surface area contributed by atoms with Crippen molar-refractivity contribution >= 4 is 17.7 Å². The van der Waals surface area contributed by atoms with E-state index in [1.807, 2.05) is 12.1 Å². The van der Waals surface area contributed by atoms with Crippen LogP contribution in [0.5, 0.6) is 0 Å². The standard InChI is InChI=1S/C26H32F2OS/c1-2-3-4-5-18-6-9-20(10-7-18)21-11-13-22(14-12-21)24-16-19(17-25(27)28)8-15-23(24)26(29)30/h8,11-16,18,20,25H,2-7,9-10,17H2,1H3,(H,29,30). The molecule has 0 heterocycles. The van der Waals surface area contributed by atoms with E-state index in [9.17, 15) is 13.6 Å². The molecule has 0 bridgehead atoms. The van der Waals surface area contributed by atoms with Gasteiger partial charge in [0.15, 0.2) is 0 Å². The number of benzene rings is 2. The lowest BCUT2D eigenvalue weighted by Gasteiger charge is -2.29. The molecule has 162 valence electrons. The summed E-state index contributed by atoms with van der Waals surface area (Å²) in [7, 11) is 0. The summed E-state index contributed by atoms with van der Waals surface area (Å²) in [4.78, 5) is 11.9. The van der Waals surface area contributed by atoms with Gasteiger partial charge in [-0.3, -0.25) is 4.79 Å². The summed E-state index contributed by atoms with van der Waals surface area (Å²) in [6.07, 6.45) is 7.73. The molecule has 2 aromatic rings. The van der Waals surface area contributed by atoms with Gasteiger partial charge < -0.3 is 0 Å². The molecule has 0 spiro atoms. The Labute approximate surface area is 184 Å². The molecule has 0 amide bonds. The van der Waals surface area contributed by atoms with Gasteiger partial charge in [-0.05, 0) is 65.8 Å². The van der Waals surface area contributed by atoms with Gasteiger partial charge in [-0.1, -0.05) is 69.0 Å². The number of alkyl halides is 2. The average Bonchev–Trinajstić information content (AvgIpc) is 2.74. The van der Waals surface area contributed by atoms with Crippen LogP contribution in [0.3, 0.4) is 0 Å². The Morgan fingerprint density at radius 3 is 2.33 bits per heavy atom. The highest BCUT2D eigenvalue weighted by Crippen LogP contribution is 2.38. The second-order valence-corrected chi connectivity index (χ2v) is 9.02. The summed E-state index contributed by atoms with van der Waals surface area (Å²) in [5.74, 6) is 1.48. The summed E-state index contributed by atoms with van der Waals surface area (Å²) >= 11 is 3.97. The molecule has 0 aliphatic heterocycles. The molecule has 0 radical (unpaired) electrons. The maximum Gasteiger partial charge on any atom is 0.242 e. The first-order valence-corrected chi connectivity index (χ1v) is 11.7. The quantitative estimate of drug-likeness (QED) is 0.314. The molecular formula is C26H32F2OS. The Bertz CT molecular complexity index is 823. The van der Waals surface area contributed by atoms with Gasteiger partial charge in [-0.15, -0.1) is 12.6 Å². The third-order valence-corrected chi connectivity index (χ3v) is 6.70. The van der Waals surface area contributed by atoms with Crippen LogP contribution in [0.25, 0.3) is 11.1 Å². The van der Waals surface area contributed by atoms with E-state index in [0.29, 0.717) is 22.6 Å². The van der Waals surface area contributed by atoms with Gasteiger partial charge in [-0.25, -0.2) is 8.78 Å². The van der Waals surface area contributed by atoms with Crippen molar-refractivity contribution in [3.05, 3.63) is 59.2 Å². The molecule has 0 N–H and O–H groups in total. The maximum atomic E-state index is 12.8. The van der Waals surface area contributed by atoms with Crippen molar-refractivity contribution in [3.63, 3.8) is 0 Å². The molecule has 1 fully saturated rings. The highest BCUT2D eigenvalue weighted by Gasteiger charge is 2.22. The van der Waals surface area contributed by atoms with Gasteiger partial charge in [-0.2, -0.15) is 0 Å². The van der Waals surface area contributed by atoms with Crippen LogP contribution in [-0.4, -0.2) is 11.5 Å². The van der Waals surface area contributed by atoms with Crippen molar-refractivity contribution < 1.29 is 13.6 Å². The molecule has 0 atom stereocenters. The predicted octanol–water partition coefficient (Wildman–Crippen LogP) is 8.09. The van der Waals surface area contributed by atoms with E-state index in [4.69, 9.17) is 0 Å². The molecular weight excluding hydrogens is 398 g/mol. The molecule has 1 saturated carbocycles. The number of carbonyl (C=O) groups excluding carboxylic acids is 1. The molecule has 1 aliphatic carbocycles. The minimum atomic E-state index is -2.41. The Morgan fingerprint density at radius 1 is 1.03 bits per heavy atom. The van der Waals surface area contributed by atoms with Gasteiger partial charge >= 0.3 is 0 Å². The van der Waals surface area contributed by atoms with Crippen LogP contribution in [0.15, 0.2) is 42.5 Å². The molecule has 4 heteroatoms. The minimum Gasteiger partial charge on any atom is -0.282 e. The second-order valence-electron chi connectivity index (χ2n) is 8.62. The first kappa shape index (κ1) is 23.0. The van der Waals surface area contributed by atoms with E-state index in [0.717, 1.165) is 11.5 Å². The molecule has 3 rings (SSSR count). The smallest absolute Gasteiger partial charge is 0.242 e. The molecule has 1 aliphatic rings. The number of thiol groups is 1. The van der Waals surface area contributed by atoms with Crippen molar-refractivity contribution in [1.82, 2.24) is 0 Å². The second kappa shape index (κ2) is 11.1. The highest BCUT2D eigenvalue weighted by molar-refractivity contribution is 7.97. The first-order valence-electron chi connectivity index (χ1n) is 11.2. The van der Waals surface area contributed by atoms with Crippen molar-refractivity contribution in [3.8, 4) is 11.1 Å². The summed E-state index contributed by atoms with van der Waals surface area (Å²) in [5.41, 5.74) is 3.88. The van der Waals surface area contributed by atoms with E-state index in [1.54, 1.807) is 18.2 Å². The lowest BCUT2D eigenvalue weighted by Crippen LogP contribution is -2.13. The Kier molecular flexibility index (Phi) is 8.50. The Balaban J connectivity index is 1.71. The van der Waals surface area contributed by atoms with Crippen LogP contribution in [0, 0.1) is 5.92 Å². The minimum absolute atomic E-state index is 0.312. The largest absolute Gasteiger partial charge is 0.282 e. The summed E-state index contributed by atoms with van der Waals surface area (Å²) < 4.78 is 25.6. The van der Waals surface area contributed by atoms with Gasteiger partial charge in [0.05, 0.1) is 0 Å². The van der Waals surface area contributed by atoms with E-state index in [-0.39, 0.29) is 11.5 Å². The Hall–Kier alpha value is -1.68. The van der Waals surface area contributed by atoms with Crippen molar-refractivity contribution in [2.24, 2.45) is 5.92 Å². The van der Waals surface area contributed by atoms with Crippen molar-refractivity contribution in [2.75, 3.05) is 0 Å². The predicted molar refractivity (Wildman–Crippen MR) is 124 cm³/mol. The monoisotopic (exact) mass is 430 g/mol. The van der Waals surface area contributed by atoms with Gasteiger partial charge in [0, 0.05) is 12.0 Å². The zero-order valence-electron chi connectivity index (χ0n) is 17.7. The number of halogens is 2. The van der Waals surface area contributed by atoms with Crippen LogP contribution in [0.1, 0.15) is 85.7 Å². The summed E-state index contributed by atoms with van der Waals surface area (Å²) in [6.45, 7) is 2.25. The maximum absolute atomic E-state index is 12.8. The number of hydrogen-bond acceptors (Lipinski definition) is 1. The fraction of sp³-hybridized carbons (Fsp3) is 0.500. The number of carbonyl (C=O) groups is 1. The van der Waals surface area contributed by atoms with E-state index < -0.39 is 6.43 Å². The zero-order chi connectivity index (χ0) is 21.5. The van der Waals surface area contributed by atoms with Gasteiger partial charge in [0.1, 0.15) is 0 Å². The molecule has 30 heavy (non-hydrogen) atoms. The fourth-order valence-corrected chi connectivity index (χ4v) is 4.92. The molecule has 0 unspecified atom stereocenters. The van der Waals surface area contributed by atoms with Crippen LogP contribution in [0.4, 0.5) is 8.78 Å². The molecule has 2 aromatic carbocycles. The van der Waals surface area contributed by atoms with Crippen LogP contribution in [-0.2, 0) is 6.42 Å². The summed E-state index contributed by atoms with van der Waals surface area (Å²) in [5, 5.41) is -0.348. The highest BCUT2D eigenvalue weighted by atomic mass is 32.1. The molecule has 0 saturated heterocycles. The third kappa shape index (κ3) is 6.16.